The molecular weight excluding hydrogens is 376 g/mol. The Morgan fingerprint density at radius 2 is 1.67 bits per heavy atom. The number of unbranched alkanes of at least 4 members (excludes halogenated alkanes) is 1. The second-order valence-electron chi connectivity index (χ2n) is 5.74. The van der Waals surface area contributed by atoms with Crippen molar-refractivity contribution < 1.29 is 26.7 Å². The standard InChI is InChI=1S/C19H17F2NO4S/c20-19(21,27(24,25)17-6-2-1-3-7-17)12-4-5-13-26-18(23)16-10-8-15(14-22)9-11-16/h1-3,6-11H,4-5,12-13H2. The van der Waals surface area contributed by atoms with Crippen LogP contribution in [0.4, 0.5) is 8.78 Å². The van der Waals surface area contributed by atoms with Crippen LogP contribution in [0.2, 0.25) is 0 Å². The zero-order chi connectivity index (χ0) is 19.9. The lowest BCUT2D eigenvalue weighted by molar-refractivity contribution is 0.0475. The molecule has 5 nitrogen and oxygen atoms in total. The summed E-state index contributed by atoms with van der Waals surface area (Å²) < 4.78 is 57.2. The van der Waals surface area contributed by atoms with Crippen LogP contribution >= 0.6 is 0 Å². The summed E-state index contributed by atoms with van der Waals surface area (Å²) in [6.45, 7) is -0.111. The molecule has 0 saturated carbocycles. The minimum atomic E-state index is -4.76. The van der Waals surface area contributed by atoms with Crippen molar-refractivity contribution in [3.05, 3.63) is 65.7 Å². The van der Waals surface area contributed by atoms with Crippen LogP contribution < -0.4 is 0 Å². The molecule has 0 bridgehead atoms. The summed E-state index contributed by atoms with van der Waals surface area (Å²) in [7, 11) is -4.76. The van der Waals surface area contributed by atoms with Crippen LogP contribution in [0, 0.1) is 11.3 Å². The van der Waals surface area contributed by atoms with Gasteiger partial charge in [0.15, 0.2) is 0 Å². The number of nitrogens with zero attached hydrogens (tertiary/aromatic N) is 1. The van der Waals surface area contributed by atoms with E-state index in [-0.39, 0.29) is 25.0 Å². The molecule has 0 fully saturated rings. The third-order valence-corrected chi connectivity index (χ3v) is 5.67. The summed E-state index contributed by atoms with van der Waals surface area (Å²) in [5, 5.41) is 4.80. The van der Waals surface area contributed by atoms with Crippen LogP contribution in [-0.2, 0) is 14.6 Å². The van der Waals surface area contributed by atoms with Crippen molar-refractivity contribution in [2.24, 2.45) is 0 Å². The quantitative estimate of drug-likeness (QED) is 0.501. The van der Waals surface area contributed by atoms with E-state index in [0.29, 0.717) is 5.56 Å². The Labute approximate surface area is 156 Å². The smallest absolute Gasteiger partial charge is 0.350 e. The number of sulfone groups is 1. The minimum Gasteiger partial charge on any atom is -0.462 e. The van der Waals surface area contributed by atoms with Crippen molar-refractivity contribution in [2.45, 2.75) is 29.4 Å². The molecule has 0 spiro atoms. The van der Waals surface area contributed by atoms with E-state index in [9.17, 15) is 22.0 Å². The molecule has 0 aliphatic rings. The van der Waals surface area contributed by atoms with Gasteiger partial charge < -0.3 is 4.74 Å². The fourth-order valence-corrected chi connectivity index (χ4v) is 3.54. The van der Waals surface area contributed by atoms with E-state index < -0.39 is 32.4 Å². The van der Waals surface area contributed by atoms with E-state index in [0.717, 1.165) is 12.1 Å². The van der Waals surface area contributed by atoms with Crippen LogP contribution in [0.3, 0.4) is 0 Å². The van der Waals surface area contributed by atoms with Gasteiger partial charge in [0.1, 0.15) is 0 Å². The highest BCUT2D eigenvalue weighted by molar-refractivity contribution is 7.92. The molecule has 0 saturated heterocycles. The molecular formula is C19H17F2NO4S. The van der Waals surface area contributed by atoms with Gasteiger partial charge in [-0.25, -0.2) is 13.2 Å². The van der Waals surface area contributed by atoms with Crippen molar-refractivity contribution in [3.63, 3.8) is 0 Å². The number of nitriles is 1. The molecule has 0 aliphatic heterocycles. The number of hydrogen-bond acceptors (Lipinski definition) is 5. The van der Waals surface area contributed by atoms with Gasteiger partial charge in [-0.15, -0.1) is 0 Å². The molecule has 2 aromatic carbocycles. The molecule has 0 unspecified atom stereocenters. The van der Waals surface area contributed by atoms with Crippen molar-refractivity contribution in [1.82, 2.24) is 0 Å². The first-order valence-corrected chi connectivity index (χ1v) is 9.61. The Morgan fingerprint density at radius 1 is 1.04 bits per heavy atom. The number of halogens is 2. The number of ether oxygens (including phenoxy) is 1. The number of rotatable bonds is 8. The Hall–Kier alpha value is -2.79. The average Bonchev–Trinajstić information content (AvgIpc) is 2.68. The van der Waals surface area contributed by atoms with E-state index in [1.54, 1.807) is 6.07 Å². The molecule has 0 aromatic heterocycles. The topological polar surface area (TPSA) is 84.2 Å². The summed E-state index contributed by atoms with van der Waals surface area (Å²) >= 11 is 0. The van der Waals surface area contributed by atoms with Gasteiger partial charge >= 0.3 is 11.2 Å². The van der Waals surface area contributed by atoms with Crippen LogP contribution in [0.5, 0.6) is 0 Å². The molecule has 8 heteroatoms. The Balaban J connectivity index is 1.82. The summed E-state index contributed by atoms with van der Waals surface area (Å²) in [6, 6.07) is 14.3. The normalized spacial score (nSPS) is 11.6. The van der Waals surface area contributed by atoms with Gasteiger partial charge in [0.2, 0.25) is 9.84 Å². The van der Waals surface area contributed by atoms with Gasteiger partial charge in [0, 0.05) is 6.42 Å². The molecule has 0 atom stereocenters. The molecule has 0 heterocycles. The average molecular weight is 393 g/mol. The van der Waals surface area contributed by atoms with E-state index in [2.05, 4.69) is 0 Å². The van der Waals surface area contributed by atoms with Crippen LogP contribution in [0.25, 0.3) is 0 Å². The summed E-state index contributed by atoms with van der Waals surface area (Å²) in [4.78, 5) is 11.4. The Kier molecular flexibility index (Phi) is 6.64. The van der Waals surface area contributed by atoms with Crippen LogP contribution in [0.15, 0.2) is 59.5 Å². The number of benzene rings is 2. The van der Waals surface area contributed by atoms with Gasteiger partial charge in [0.25, 0.3) is 0 Å². The predicted molar refractivity (Wildman–Crippen MR) is 93.9 cm³/mol. The van der Waals surface area contributed by atoms with Gasteiger partial charge in [-0.05, 0) is 49.2 Å². The maximum Gasteiger partial charge on any atom is 0.350 e. The fourth-order valence-electron chi connectivity index (χ4n) is 2.27. The number of alkyl halides is 2. The first-order valence-electron chi connectivity index (χ1n) is 8.13. The second kappa shape index (κ2) is 8.73. The number of hydrogen-bond donors (Lipinski definition) is 0. The third-order valence-electron chi connectivity index (χ3n) is 3.79. The molecule has 2 rings (SSSR count). The van der Waals surface area contributed by atoms with Crippen molar-refractivity contribution in [3.8, 4) is 6.07 Å². The molecule has 142 valence electrons. The first kappa shape index (κ1) is 20.5. The largest absolute Gasteiger partial charge is 0.462 e. The SMILES string of the molecule is N#Cc1ccc(C(=O)OCCCCC(F)(F)S(=O)(=O)c2ccccc2)cc1. The van der Waals surface area contributed by atoms with E-state index >= 15 is 0 Å². The first-order chi connectivity index (χ1) is 12.8. The van der Waals surface area contributed by atoms with Crippen LogP contribution in [0.1, 0.15) is 35.2 Å². The monoisotopic (exact) mass is 393 g/mol. The van der Waals surface area contributed by atoms with E-state index in [1.807, 2.05) is 6.07 Å². The van der Waals surface area contributed by atoms with Gasteiger partial charge in [-0.3, -0.25) is 0 Å². The van der Waals surface area contributed by atoms with E-state index in [1.165, 1.54) is 36.4 Å². The number of carbonyl (C=O) groups is 1. The molecule has 0 aliphatic carbocycles. The van der Waals surface area contributed by atoms with Gasteiger partial charge in [0.05, 0.1) is 28.7 Å². The summed E-state index contributed by atoms with van der Waals surface area (Å²) in [6.07, 6.45) is -0.889. The molecule has 27 heavy (non-hydrogen) atoms. The third kappa shape index (κ3) is 5.11. The Bertz CT molecular complexity index is 920. The molecule has 2 aromatic rings. The zero-order valence-corrected chi connectivity index (χ0v) is 15.1. The van der Waals surface area contributed by atoms with Gasteiger partial charge in [-0.2, -0.15) is 14.0 Å². The van der Waals surface area contributed by atoms with E-state index in [4.69, 9.17) is 10.00 Å². The molecule has 0 radical (unpaired) electrons. The highest BCUT2D eigenvalue weighted by Gasteiger charge is 2.45. The Morgan fingerprint density at radius 3 is 2.26 bits per heavy atom. The number of esters is 1. The summed E-state index contributed by atoms with van der Waals surface area (Å²) in [5.41, 5.74) is 0.638. The summed E-state index contributed by atoms with van der Waals surface area (Å²) in [5.74, 6) is -0.636. The lowest BCUT2D eigenvalue weighted by atomic mass is 10.1. The van der Waals surface area contributed by atoms with Crippen molar-refractivity contribution in [2.75, 3.05) is 6.61 Å². The van der Waals surface area contributed by atoms with Crippen molar-refractivity contribution >= 4 is 15.8 Å². The molecule has 0 N–H and O–H groups in total. The minimum absolute atomic E-state index is 0.0991. The highest BCUT2D eigenvalue weighted by Crippen LogP contribution is 2.33. The lowest BCUT2D eigenvalue weighted by Crippen LogP contribution is -2.29. The second-order valence-corrected chi connectivity index (χ2v) is 7.81. The lowest BCUT2D eigenvalue weighted by Gasteiger charge is -2.17. The highest BCUT2D eigenvalue weighted by atomic mass is 32.2. The maximum atomic E-state index is 14.1. The van der Waals surface area contributed by atoms with Crippen molar-refractivity contribution in [1.29, 1.82) is 5.26 Å². The molecule has 0 amide bonds. The predicted octanol–water partition coefficient (Wildman–Crippen LogP) is 3.95. The maximum absolute atomic E-state index is 14.1. The van der Waals surface area contributed by atoms with Gasteiger partial charge in [-0.1, -0.05) is 18.2 Å². The zero-order valence-electron chi connectivity index (χ0n) is 14.3. The van der Waals surface area contributed by atoms with Crippen LogP contribution in [-0.4, -0.2) is 26.2 Å². The number of carbonyl (C=O) groups excluding carboxylic acids is 1. The fraction of sp³-hybridized carbons (Fsp3) is 0.263.